The number of hydrogen-bond donors (Lipinski definition) is 2. The molecule has 0 atom stereocenters. The Morgan fingerprint density at radius 3 is 2.88 bits per heavy atom. The molecule has 1 aliphatic heterocycles. The fraction of sp³-hybridized carbons (Fsp3) is 0.727. The zero-order valence-corrected chi connectivity index (χ0v) is 9.87. The molecule has 1 rings (SSSR count). The first-order valence-electron chi connectivity index (χ1n) is 5.82. The molecule has 1 heterocycles. The van der Waals surface area contributed by atoms with Gasteiger partial charge >= 0.3 is 6.03 Å². The molecule has 1 fully saturated rings. The van der Waals surface area contributed by atoms with Crippen LogP contribution in [0.4, 0.5) is 4.79 Å². The highest BCUT2D eigenvalue weighted by Crippen LogP contribution is 1.94. The summed E-state index contributed by atoms with van der Waals surface area (Å²) in [5.41, 5.74) is 0. The lowest BCUT2D eigenvalue weighted by Crippen LogP contribution is -2.42. The van der Waals surface area contributed by atoms with Crippen LogP contribution in [0.5, 0.6) is 0 Å². The molecule has 92 valence electrons. The van der Waals surface area contributed by atoms with Gasteiger partial charge in [-0.2, -0.15) is 0 Å². The predicted octanol–water partition coefficient (Wildman–Crippen LogP) is 0.541. The topological polar surface area (TPSA) is 53.6 Å². The molecule has 0 saturated carbocycles. The van der Waals surface area contributed by atoms with Crippen LogP contribution in [0.25, 0.3) is 0 Å². The van der Waals surface area contributed by atoms with Gasteiger partial charge in [0.05, 0.1) is 13.2 Å². The smallest absolute Gasteiger partial charge is 0.318 e. The van der Waals surface area contributed by atoms with Gasteiger partial charge in [-0.15, -0.1) is 0 Å². The van der Waals surface area contributed by atoms with Gasteiger partial charge in [0.2, 0.25) is 0 Å². The molecular formula is C11H21N3O2. The molecule has 0 unspecified atom stereocenters. The number of carbonyl (C=O) groups is 1. The van der Waals surface area contributed by atoms with Crippen LogP contribution < -0.4 is 10.6 Å². The Morgan fingerprint density at radius 1 is 1.44 bits per heavy atom. The van der Waals surface area contributed by atoms with E-state index in [1.807, 2.05) is 13.0 Å². The highest BCUT2D eigenvalue weighted by atomic mass is 16.5. The fourth-order valence-corrected chi connectivity index (χ4v) is 1.46. The average Bonchev–Trinajstić information content (AvgIpc) is 2.31. The third-order valence-electron chi connectivity index (χ3n) is 2.39. The van der Waals surface area contributed by atoms with E-state index in [1.165, 1.54) is 0 Å². The maximum absolute atomic E-state index is 11.2. The van der Waals surface area contributed by atoms with Gasteiger partial charge in [0, 0.05) is 32.4 Å². The zero-order chi connectivity index (χ0) is 11.6. The third kappa shape index (κ3) is 5.72. The van der Waals surface area contributed by atoms with Gasteiger partial charge in [-0.3, -0.25) is 4.90 Å². The third-order valence-corrected chi connectivity index (χ3v) is 2.39. The van der Waals surface area contributed by atoms with E-state index in [9.17, 15) is 4.79 Å². The van der Waals surface area contributed by atoms with Crippen molar-refractivity contribution in [3.8, 4) is 0 Å². The summed E-state index contributed by atoms with van der Waals surface area (Å²) >= 11 is 0. The lowest BCUT2D eigenvalue weighted by atomic mass is 10.4. The molecule has 0 aromatic carbocycles. The van der Waals surface area contributed by atoms with E-state index in [-0.39, 0.29) is 6.03 Å². The first-order chi connectivity index (χ1) is 7.83. The highest BCUT2D eigenvalue weighted by Gasteiger charge is 2.09. The molecule has 5 heteroatoms. The lowest BCUT2D eigenvalue weighted by Gasteiger charge is -2.26. The van der Waals surface area contributed by atoms with Crippen LogP contribution >= 0.6 is 0 Å². The van der Waals surface area contributed by atoms with Crippen molar-refractivity contribution >= 4 is 6.03 Å². The number of urea groups is 1. The number of hydrogen-bond acceptors (Lipinski definition) is 3. The van der Waals surface area contributed by atoms with E-state index in [0.717, 1.165) is 39.3 Å². The first-order valence-corrected chi connectivity index (χ1v) is 5.82. The Labute approximate surface area is 96.8 Å². The van der Waals surface area contributed by atoms with Crippen LogP contribution in [-0.2, 0) is 4.74 Å². The molecule has 0 aliphatic carbocycles. The quantitative estimate of drug-likeness (QED) is 0.721. The molecule has 5 nitrogen and oxygen atoms in total. The second kappa shape index (κ2) is 8.13. The number of ether oxygens (including phenoxy) is 1. The standard InChI is InChI=1S/C11H21N3O2/c1-2-3-4-12-11(15)13-5-6-14-7-9-16-10-8-14/h3-4H,2,5-10H2,1H3,(H2,12,13,15)/b4-3+. The Balaban J connectivity index is 2.01. The molecule has 1 saturated heterocycles. The fourth-order valence-electron chi connectivity index (χ4n) is 1.46. The largest absolute Gasteiger partial charge is 0.379 e. The average molecular weight is 227 g/mol. The SMILES string of the molecule is CC/C=C/NC(=O)NCCN1CCOCC1. The molecule has 0 radical (unpaired) electrons. The Morgan fingerprint density at radius 2 is 2.19 bits per heavy atom. The highest BCUT2D eigenvalue weighted by molar-refractivity contribution is 5.74. The van der Waals surface area contributed by atoms with Crippen molar-refractivity contribution in [2.45, 2.75) is 13.3 Å². The Bertz CT molecular complexity index is 225. The molecule has 1 aliphatic rings. The predicted molar refractivity (Wildman–Crippen MR) is 63.2 cm³/mol. The number of allylic oxidation sites excluding steroid dienone is 1. The minimum Gasteiger partial charge on any atom is -0.379 e. The number of carbonyl (C=O) groups excluding carboxylic acids is 1. The summed E-state index contributed by atoms with van der Waals surface area (Å²) < 4.78 is 5.24. The van der Waals surface area contributed by atoms with Crippen molar-refractivity contribution < 1.29 is 9.53 Å². The van der Waals surface area contributed by atoms with E-state index >= 15 is 0 Å². The van der Waals surface area contributed by atoms with Gasteiger partial charge in [-0.25, -0.2) is 4.79 Å². The number of nitrogens with zero attached hydrogens (tertiary/aromatic N) is 1. The second-order valence-electron chi connectivity index (χ2n) is 3.66. The summed E-state index contributed by atoms with van der Waals surface area (Å²) in [4.78, 5) is 13.5. The van der Waals surface area contributed by atoms with E-state index < -0.39 is 0 Å². The van der Waals surface area contributed by atoms with Gasteiger partial charge in [0.25, 0.3) is 0 Å². The summed E-state index contributed by atoms with van der Waals surface area (Å²) in [5.74, 6) is 0. The monoisotopic (exact) mass is 227 g/mol. The van der Waals surface area contributed by atoms with Crippen molar-refractivity contribution in [1.82, 2.24) is 15.5 Å². The van der Waals surface area contributed by atoms with Gasteiger partial charge in [0.15, 0.2) is 0 Å². The normalized spacial score (nSPS) is 17.6. The minimum absolute atomic E-state index is 0.141. The maximum atomic E-state index is 11.2. The lowest BCUT2D eigenvalue weighted by molar-refractivity contribution is 0.0387. The van der Waals surface area contributed by atoms with E-state index in [0.29, 0.717) is 6.54 Å². The van der Waals surface area contributed by atoms with E-state index in [4.69, 9.17) is 4.74 Å². The molecule has 0 spiro atoms. The van der Waals surface area contributed by atoms with Crippen LogP contribution in [0.1, 0.15) is 13.3 Å². The van der Waals surface area contributed by atoms with Crippen LogP contribution in [0.2, 0.25) is 0 Å². The first kappa shape index (κ1) is 13.0. The van der Waals surface area contributed by atoms with E-state index in [1.54, 1.807) is 6.20 Å². The van der Waals surface area contributed by atoms with Crippen LogP contribution in [-0.4, -0.2) is 50.3 Å². The Hall–Kier alpha value is -1.07. The number of amides is 2. The minimum atomic E-state index is -0.141. The second-order valence-corrected chi connectivity index (χ2v) is 3.66. The van der Waals surface area contributed by atoms with Gasteiger partial charge in [0.1, 0.15) is 0 Å². The van der Waals surface area contributed by atoms with Gasteiger partial charge in [-0.1, -0.05) is 13.0 Å². The zero-order valence-electron chi connectivity index (χ0n) is 9.87. The van der Waals surface area contributed by atoms with Crippen molar-refractivity contribution in [2.75, 3.05) is 39.4 Å². The molecule has 16 heavy (non-hydrogen) atoms. The summed E-state index contributed by atoms with van der Waals surface area (Å²) in [6.45, 7) is 7.09. The van der Waals surface area contributed by atoms with Crippen LogP contribution in [0, 0.1) is 0 Å². The summed E-state index contributed by atoms with van der Waals surface area (Å²) in [5, 5.41) is 5.45. The van der Waals surface area contributed by atoms with Crippen LogP contribution in [0.3, 0.4) is 0 Å². The summed E-state index contributed by atoms with van der Waals surface area (Å²) in [6.07, 6.45) is 4.50. The van der Waals surface area contributed by atoms with E-state index in [2.05, 4.69) is 15.5 Å². The summed E-state index contributed by atoms with van der Waals surface area (Å²) in [7, 11) is 0. The van der Waals surface area contributed by atoms with Gasteiger partial charge < -0.3 is 15.4 Å². The molecule has 2 amide bonds. The molecule has 0 bridgehead atoms. The Kier molecular flexibility index (Phi) is 6.60. The van der Waals surface area contributed by atoms with Crippen molar-refractivity contribution in [3.05, 3.63) is 12.3 Å². The van der Waals surface area contributed by atoms with Crippen molar-refractivity contribution in [2.24, 2.45) is 0 Å². The summed E-state index contributed by atoms with van der Waals surface area (Å²) in [6, 6.07) is -0.141. The number of nitrogens with one attached hydrogen (secondary N) is 2. The van der Waals surface area contributed by atoms with Crippen molar-refractivity contribution in [3.63, 3.8) is 0 Å². The molecule has 0 aromatic heterocycles. The van der Waals surface area contributed by atoms with Crippen LogP contribution in [0.15, 0.2) is 12.3 Å². The molecule has 0 aromatic rings. The molecule has 2 N–H and O–H groups in total. The number of rotatable bonds is 5. The van der Waals surface area contributed by atoms with Crippen molar-refractivity contribution in [1.29, 1.82) is 0 Å². The number of morpholine rings is 1. The van der Waals surface area contributed by atoms with Gasteiger partial charge in [-0.05, 0) is 6.42 Å². The maximum Gasteiger partial charge on any atom is 0.318 e. The molecular weight excluding hydrogens is 206 g/mol.